The van der Waals surface area contributed by atoms with Crippen LogP contribution in [0.25, 0.3) is 0 Å². The van der Waals surface area contributed by atoms with E-state index >= 15 is 0 Å². The summed E-state index contributed by atoms with van der Waals surface area (Å²) in [5.41, 5.74) is -1.40. The van der Waals surface area contributed by atoms with Crippen LogP contribution in [0.2, 0.25) is 0 Å². The molecule has 1 aromatic carbocycles. The molecule has 28 heavy (non-hydrogen) atoms. The average molecular weight is 401 g/mol. The van der Waals surface area contributed by atoms with Gasteiger partial charge in [-0.1, -0.05) is 12.2 Å². The minimum Gasteiger partial charge on any atom is -0.463 e. The Kier molecular flexibility index (Phi) is 6.71. The maximum Gasteiger partial charge on any atom is 0.302 e. The van der Waals surface area contributed by atoms with E-state index in [2.05, 4.69) is 5.32 Å². The van der Waals surface area contributed by atoms with Crippen LogP contribution in [0.4, 0.5) is 13.2 Å². The Balaban J connectivity index is 2.22. The molecule has 2 rings (SSSR count). The Labute approximate surface area is 160 Å². The standard InChI is InChI=1S/C19H22F3NO5/c1-10(24)26-9-11-6-5-7-14(27-11)28-17-15(21)12(8-13(20)16(17)22)18(25)23-19(2,3)4/h5-6,8,11,14H,7,9H2,1-4H3,(H,23,25). The fraction of sp³-hybridized carbons (Fsp3) is 0.474. The first-order chi connectivity index (χ1) is 13.0. The minimum absolute atomic E-state index is 0.112. The highest BCUT2D eigenvalue weighted by Crippen LogP contribution is 2.30. The Hall–Kier alpha value is -2.55. The molecule has 154 valence electrons. The maximum absolute atomic E-state index is 14.7. The summed E-state index contributed by atoms with van der Waals surface area (Å²) < 4.78 is 58.2. The van der Waals surface area contributed by atoms with Crippen molar-refractivity contribution in [3.05, 3.63) is 41.2 Å². The lowest BCUT2D eigenvalue weighted by Crippen LogP contribution is -2.41. The van der Waals surface area contributed by atoms with E-state index in [9.17, 15) is 22.8 Å². The second-order valence-electron chi connectivity index (χ2n) is 7.26. The fourth-order valence-electron chi connectivity index (χ4n) is 2.40. The lowest BCUT2D eigenvalue weighted by Gasteiger charge is -2.27. The molecule has 6 nitrogen and oxygen atoms in total. The number of carbonyl (C=O) groups is 2. The Bertz CT molecular complexity index is 789. The SMILES string of the molecule is CC(=O)OCC1C=CCC(Oc2c(F)c(F)cc(C(=O)NC(C)(C)C)c2F)O1. The number of ether oxygens (including phenoxy) is 3. The zero-order chi connectivity index (χ0) is 21.1. The second-order valence-corrected chi connectivity index (χ2v) is 7.26. The number of hydrogen-bond acceptors (Lipinski definition) is 5. The van der Waals surface area contributed by atoms with Crippen LogP contribution in [0.1, 0.15) is 44.5 Å². The summed E-state index contributed by atoms with van der Waals surface area (Å²) in [6, 6.07) is 0.476. The van der Waals surface area contributed by atoms with Gasteiger partial charge in [-0.3, -0.25) is 9.59 Å². The number of benzene rings is 1. The van der Waals surface area contributed by atoms with E-state index in [1.54, 1.807) is 32.9 Å². The van der Waals surface area contributed by atoms with E-state index in [1.807, 2.05) is 0 Å². The molecule has 0 aliphatic carbocycles. The molecular formula is C19H22F3NO5. The van der Waals surface area contributed by atoms with Gasteiger partial charge in [0.2, 0.25) is 12.1 Å². The molecule has 1 aliphatic heterocycles. The van der Waals surface area contributed by atoms with E-state index in [4.69, 9.17) is 14.2 Å². The molecule has 9 heteroatoms. The third kappa shape index (κ3) is 5.72. The zero-order valence-electron chi connectivity index (χ0n) is 16.0. The second kappa shape index (κ2) is 8.64. The molecule has 0 radical (unpaired) electrons. The van der Waals surface area contributed by atoms with Gasteiger partial charge in [0.15, 0.2) is 17.4 Å². The number of rotatable bonds is 5. The smallest absolute Gasteiger partial charge is 0.302 e. The monoisotopic (exact) mass is 401 g/mol. The lowest BCUT2D eigenvalue weighted by molar-refractivity contribution is -0.154. The molecule has 0 bridgehead atoms. The number of amides is 1. The Morgan fingerprint density at radius 3 is 2.54 bits per heavy atom. The molecular weight excluding hydrogens is 379 g/mol. The van der Waals surface area contributed by atoms with Crippen LogP contribution in [-0.2, 0) is 14.3 Å². The molecule has 0 saturated heterocycles. The third-order valence-corrected chi connectivity index (χ3v) is 3.56. The topological polar surface area (TPSA) is 73.9 Å². The van der Waals surface area contributed by atoms with Crippen LogP contribution in [0.5, 0.6) is 5.75 Å². The van der Waals surface area contributed by atoms with Crippen LogP contribution in [-0.4, -0.2) is 36.4 Å². The molecule has 1 amide bonds. The molecule has 2 atom stereocenters. The number of esters is 1. The fourth-order valence-corrected chi connectivity index (χ4v) is 2.40. The van der Waals surface area contributed by atoms with Gasteiger partial charge in [-0.2, -0.15) is 4.39 Å². The normalized spacial score (nSPS) is 19.2. The van der Waals surface area contributed by atoms with E-state index in [0.717, 1.165) is 0 Å². The number of hydrogen-bond donors (Lipinski definition) is 1. The number of nitrogens with one attached hydrogen (secondary N) is 1. The Morgan fingerprint density at radius 2 is 1.93 bits per heavy atom. The molecule has 0 saturated carbocycles. The molecule has 1 aromatic rings. The highest BCUT2D eigenvalue weighted by Gasteiger charge is 2.29. The largest absolute Gasteiger partial charge is 0.463 e. The summed E-state index contributed by atoms with van der Waals surface area (Å²) in [6.45, 7) is 6.09. The predicted octanol–water partition coefficient (Wildman–Crippen LogP) is 3.25. The van der Waals surface area contributed by atoms with Crippen molar-refractivity contribution >= 4 is 11.9 Å². The van der Waals surface area contributed by atoms with E-state index < -0.39 is 58.6 Å². The number of halogens is 3. The lowest BCUT2D eigenvalue weighted by atomic mass is 10.1. The molecule has 0 aromatic heterocycles. The highest BCUT2D eigenvalue weighted by molar-refractivity contribution is 5.95. The van der Waals surface area contributed by atoms with Crippen molar-refractivity contribution in [3.8, 4) is 5.75 Å². The predicted molar refractivity (Wildman–Crippen MR) is 93.2 cm³/mol. The quantitative estimate of drug-likeness (QED) is 0.466. The zero-order valence-corrected chi connectivity index (χ0v) is 16.0. The summed E-state index contributed by atoms with van der Waals surface area (Å²) in [4.78, 5) is 23.1. The highest BCUT2D eigenvalue weighted by atomic mass is 19.2. The van der Waals surface area contributed by atoms with Gasteiger partial charge in [0.25, 0.3) is 5.91 Å². The molecule has 1 N–H and O–H groups in total. The van der Waals surface area contributed by atoms with E-state index in [-0.39, 0.29) is 13.0 Å². The van der Waals surface area contributed by atoms with E-state index in [1.165, 1.54) is 6.92 Å². The number of carbonyl (C=O) groups excluding carboxylic acids is 2. The minimum atomic E-state index is -1.57. The van der Waals surface area contributed by atoms with Crippen molar-refractivity contribution in [2.24, 2.45) is 0 Å². The average Bonchev–Trinajstić information content (AvgIpc) is 2.59. The van der Waals surface area contributed by atoms with Gasteiger partial charge >= 0.3 is 5.97 Å². The van der Waals surface area contributed by atoms with Crippen molar-refractivity contribution in [1.82, 2.24) is 5.32 Å². The molecule has 0 spiro atoms. The molecule has 1 aliphatic rings. The molecule has 1 heterocycles. The third-order valence-electron chi connectivity index (χ3n) is 3.56. The first-order valence-electron chi connectivity index (χ1n) is 8.60. The van der Waals surface area contributed by atoms with Gasteiger partial charge in [-0.15, -0.1) is 0 Å². The van der Waals surface area contributed by atoms with Crippen LogP contribution in [0, 0.1) is 17.5 Å². The van der Waals surface area contributed by atoms with Crippen molar-refractivity contribution < 1.29 is 37.0 Å². The van der Waals surface area contributed by atoms with Crippen LogP contribution < -0.4 is 10.1 Å². The first kappa shape index (κ1) is 21.7. The summed E-state index contributed by atoms with van der Waals surface area (Å²) in [5, 5.41) is 2.47. The van der Waals surface area contributed by atoms with Gasteiger partial charge < -0.3 is 19.5 Å². The molecule has 2 unspecified atom stereocenters. The Morgan fingerprint density at radius 1 is 1.25 bits per heavy atom. The first-order valence-corrected chi connectivity index (χ1v) is 8.60. The van der Waals surface area contributed by atoms with Gasteiger partial charge in [0.1, 0.15) is 12.7 Å². The molecule has 0 fully saturated rings. The van der Waals surface area contributed by atoms with Gasteiger partial charge in [0.05, 0.1) is 5.56 Å². The van der Waals surface area contributed by atoms with Crippen molar-refractivity contribution in [2.75, 3.05) is 6.61 Å². The van der Waals surface area contributed by atoms with Crippen molar-refractivity contribution in [3.63, 3.8) is 0 Å². The van der Waals surface area contributed by atoms with Gasteiger partial charge in [-0.25, -0.2) is 8.78 Å². The summed E-state index contributed by atoms with van der Waals surface area (Å²) >= 11 is 0. The summed E-state index contributed by atoms with van der Waals surface area (Å²) in [6.07, 6.45) is 1.49. The van der Waals surface area contributed by atoms with Crippen LogP contribution in [0.3, 0.4) is 0 Å². The van der Waals surface area contributed by atoms with Gasteiger partial charge in [-0.05, 0) is 26.8 Å². The van der Waals surface area contributed by atoms with E-state index in [0.29, 0.717) is 6.07 Å². The van der Waals surface area contributed by atoms with Crippen LogP contribution >= 0.6 is 0 Å². The van der Waals surface area contributed by atoms with Crippen molar-refractivity contribution in [2.45, 2.75) is 52.0 Å². The maximum atomic E-state index is 14.7. The van der Waals surface area contributed by atoms with Crippen LogP contribution in [0.15, 0.2) is 18.2 Å². The summed E-state index contributed by atoms with van der Waals surface area (Å²) in [7, 11) is 0. The van der Waals surface area contributed by atoms with Gasteiger partial charge in [0, 0.05) is 18.9 Å². The summed E-state index contributed by atoms with van der Waals surface area (Å²) in [5.74, 6) is -6.82. The van der Waals surface area contributed by atoms with Crippen molar-refractivity contribution in [1.29, 1.82) is 0 Å².